The summed E-state index contributed by atoms with van der Waals surface area (Å²) in [4.78, 5) is 13.1. The van der Waals surface area contributed by atoms with Gasteiger partial charge in [0.15, 0.2) is 0 Å². The molecule has 1 rings (SSSR count). The van der Waals surface area contributed by atoms with Crippen molar-refractivity contribution in [3.05, 3.63) is 0 Å². The number of hydrogen-bond acceptors (Lipinski definition) is 3. The number of amides is 1. The third-order valence-electron chi connectivity index (χ3n) is 2.79. The van der Waals surface area contributed by atoms with E-state index in [2.05, 4.69) is 5.32 Å². The number of primary amides is 1. The van der Waals surface area contributed by atoms with Gasteiger partial charge in [-0.15, -0.1) is 0 Å². The Morgan fingerprint density at radius 1 is 1.58 bits per heavy atom. The maximum atomic E-state index is 11.1. The summed E-state index contributed by atoms with van der Waals surface area (Å²) < 4.78 is 0. The van der Waals surface area contributed by atoms with Crippen LogP contribution in [0, 0.1) is 0 Å². The van der Waals surface area contributed by atoms with Gasteiger partial charge in [-0.05, 0) is 20.9 Å². The van der Waals surface area contributed by atoms with Crippen LogP contribution in [-0.2, 0) is 4.79 Å². The van der Waals surface area contributed by atoms with Crippen LogP contribution in [-0.4, -0.2) is 42.5 Å². The fraction of sp³-hybridized carbons (Fsp3) is 0.875. The van der Waals surface area contributed by atoms with E-state index >= 15 is 0 Å². The van der Waals surface area contributed by atoms with Crippen molar-refractivity contribution in [2.45, 2.75) is 25.4 Å². The highest BCUT2D eigenvalue weighted by molar-refractivity contribution is 5.83. The first-order valence-corrected chi connectivity index (χ1v) is 4.20. The predicted octanol–water partition coefficient (Wildman–Crippen LogP) is -0.846. The summed E-state index contributed by atoms with van der Waals surface area (Å²) in [5.74, 6) is -0.267. The fourth-order valence-electron chi connectivity index (χ4n) is 1.18. The molecule has 1 aliphatic rings. The minimum Gasteiger partial charge on any atom is -0.368 e. The van der Waals surface area contributed by atoms with Crippen LogP contribution in [0.3, 0.4) is 0 Å². The molecule has 0 unspecified atom stereocenters. The zero-order valence-electron chi connectivity index (χ0n) is 7.92. The first kappa shape index (κ1) is 9.48. The highest BCUT2D eigenvalue weighted by atomic mass is 16.1. The third-order valence-corrected chi connectivity index (χ3v) is 2.79. The zero-order valence-corrected chi connectivity index (χ0v) is 7.92. The molecule has 0 saturated carbocycles. The Hall–Kier alpha value is -0.610. The van der Waals surface area contributed by atoms with Crippen molar-refractivity contribution in [2.24, 2.45) is 5.73 Å². The predicted molar refractivity (Wildman–Crippen MR) is 47.7 cm³/mol. The van der Waals surface area contributed by atoms with Crippen molar-refractivity contribution < 1.29 is 4.79 Å². The number of likely N-dealkylation sites (N-methyl/N-ethyl adjacent to an activating group) is 1. The first-order chi connectivity index (χ1) is 5.46. The van der Waals surface area contributed by atoms with E-state index in [4.69, 9.17) is 5.73 Å². The van der Waals surface area contributed by atoms with Crippen LogP contribution >= 0.6 is 0 Å². The van der Waals surface area contributed by atoms with Gasteiger partial charge in [0, 0.05) is 19.1 Å². The molecule has 1 heterocycles. The van der Waals surface area contributed by atoms with Gasteiger partial charge >= 0.3 is 0 Å². The second-order valence-electron chi connectivity index (χ2n) is 3.85. The van der Waals surface area contributed by atoms with Gasteiger partial charge in [0.25, 0.3) is 0 Å². The van der Waals surface area contributed by atoms with E-state index in [0.29, 0.717) is 6.04 Å². The summed E-state index contributed by atoms with van der Waals surface area (Å²) >= 11 is 0. The lowest BCUT2D eigenvalue weighted by Gasteiger charge is -2.43. The summed E-state index contributed by atoms with van der Waals surface area (Å²) in [6.45, 7) is 5.61. The SMILES string of the molecule is CN(C1CNC1)C(C)(C)C(N)=O. The summed E-state index contributed by atoms with van der Waals surface area (Å²) in [7, 11) is 1.94. The smallest absolute Gasteiger partial charge is 0.237 e. The van der Waals surface area contributed by atoms with Crippen molar-refractivity contribution in [2.75, 3.05) is 20.1 Å². The molecule has 0 aromatic carbocycles. The van der Waals surface area contributed by atoms with Crippen LogP contribution in [0.5, 0.6) is 0 Å². The molecular formula is C8H17N3O. The Morgan fingerprint density at radius 3 is 2.33 bits per heavy atom. The average Bonchev–Trinajstić information content (AvgIpc) is 1.83. The Balaban J connectivity index is 2.59. The van der Waals surface area contributed by atoms with Crippen LogP contribution in [0.25, 0.3) is 0 Å². The van der Waals surface area contributed by atoms with Crippen LogP contribution in [0.1, 0.15) is 13.8 Å². The lowest BCUT2D eigenvalue weighted by molar-refractivity contribution is -0.129. The highest BCUT2D eigenvalue weighted by Crippen LogP contribution is 2.16. The molecule has 0 aromatic heterocycles. The lowest BCUT2D eigenvalue weighted by Crippen LogP contribution is -2.64. The van der Waals surface area contributed by atoms with Gasteiger partial charge in [0.05, 0.1) is 5.54 Å². The first-order valence-electron chi connectivity index (χ1n) is 4.20. The monoisotopic (exact) mass is 171 g/mol. The Kier molecular flexibility index (Phi) is 2.39. The molecule has 4 nitrogen and oxygen atoms in total. The molecular weight excluding hydrogens is 154 g/mol. The van der Waals surface area contributed by atoms with Crippen molar-refractivity contribution >= 4 is 5.91 Å². The van der Waals surface area contributed by atoms with Gasteiger partial charge in [-0.1, -0.05) is 0 Å². The molecule has 3 N–H and O–H groups in total. The summed E-state index contributed by atoms with van der Waals surface area (Å²) in [5, 5.41) is 3.16. The Bertz CT molecular complexity index is 187. The second kappa shape index (κ2) is 3.03. The van der Waals surface area contributed by atoms with E-state index in [9.17, 15) is 4.79 Å². The van der Waals surface area contributed by atoms with E-state index in [1.54, 1.807) is 0 Å². The van der Waals surface area contributed by atoms with Crippen LogP contribution in [0.15, 0.2) is 0 Å². The van der Waals surface area contributed by atoms with Crippen molar-refractivity contribution in [3.63, 3.8) is 0 Å². The van der Waals surface area contributed by atoms with Gasteiger partial charge in [-0.3, -0.25) is 9.69 Å². The molecule has 1 aliphatic heterocycles. The fourth-order valence-corrected chi connectivity index (χ4v) is 1.18. The van der Waals surface area contributed by atoms with E-state index in [0.717, 1.165) is 13.1 Å². The second-order valence-corrected chi connectivity index (χ2v) is 3.85. The normalized spacial score (nSPS) is 19.3. The number of hydrogen-bond donors (Lipinski definition) is 2. The third kappa shape index (κ3) is 1.44. The van der Waals surface area contributed by atoms with E-state index in [1.807, 2.05) is 25.8 Å². The standard InChI is InChI=1S/C8H17N3O/c1-8(2,7(9)12)11(3)6-4-10-5-6/h6,10H,4-5H2,1-3H3,(H2,9,12). The molecule has 0 atom stereocenters. The largest absolute Gasteiger partial charge is 0.368 e. The zero-order chi connectivity index (χ0) is 9.35. The molecule has 70 valence electrons. The Morgan fingerprint density at radius 2 is 2.08 bits per heavy atom. The van der Waals surface area contributed by atoms with Crippen molar-refractivity contribution in [1.29, 1.82) is 0 Å². The van der Waals surface area contributed by atoms with Gasteiger partial charge in [-0.25, -0.2) is 0 Å². The molecule has 0 bridgehead atoms. The molecule has 1 saturated heterocycles. The number of nitrogens with one attached hydrogen (secondary N) is 1. The lowest BCUT2D eigenvalue weighted by atomic mass is 9.98. The van der Waals surface area contributed by atoms with E-state index < -0.39 is 5.54 Å². The number of carbonyl (C=O) groups excluding carboxylic acids is 1. The molecule has 0 aromatic rings. The molecule has 0 aliphatic carbocycles. The topological polar surface area (TPSA) is 58.4 Å². The number of nitrogens with two attached hydrogens (primary N) is 1. The molecule has 4 heteroatoms. The van der Waals surface area contributed by atoms with Gasteiger partial charge in [-0.2, -0.15) is 0 Å². The van der Waals surface area contributed by atoms with Crippen molar-refractivity contribution in [3.8, 4) is 0 Å². The van der Waals surface area contributed by atoms with Crippen LogP contribution in [0.4, 0.5) is 0 Å². The van der Waals surface area contributed by atoms with Gasteiger partial charge < -0.3 is 11.1 Å². The molecule has 1 amide bonds. The van der Waals surface area contributed by atoms with Crippen LogP contribution < -0.4 is 11.1 Å². The van der Waals surface area contributed by atoms with E-state index in [1.165, 1.54) is 0 Å². The number of nitrogens with zero attached hydrogens (tertiary/aromatic N) is 1. The summed E-state index contributed by atoms with van der Waals surface area (Å²) in [6.07, 6.45) is 0. The Labute approximate surface area is 73.1 Å². The minimum atomic E-state index is -0.535. The van der Waals surface area contributed by atoms with E-state index in [-0.39, 0.29) is 5.91 Å². The quantitative estimate of drug-likeness (QED) is 0.582. The maximum Gasteiger partial charge on any atom is 0.237 e. The summed E-state index contributed by atoms with van der Waals surface area (Å²) in [5.41, 5.74) is 4.75. The highest BCUT2D eigenvalue weighted by Gasteiger charge is 2.36. The maximum absolute atomic E-state index is 11.1. The minimum absolute atomic E-state index is 0.267. The van der Waals surface area contributed by atoms with Gasteiger partial charge in [0.2, 0.25) is 5.91 Å². The van der Waals surface area contributed by atoms with Crippen LogP contribution in [0.2, 0.25) is 0 Å². The average molecular weight is 171 g/mol. The number of carbonyl (C=O) groups is 1. The molecule has 0 radical (unpaired) electrons. The molecule has 1 fully saturated rings. The molecule has 12 heavy (non-hydrogen) atoms. The number of rotatable bonds is 3. The van der Waals surface area contributed by atoms with Gasteiger partial charge in [0.1, 0.15) is 0 Å². The molecule has 0 spiro atoms. The summed E-state index contributed by atoms with van der Waals surface area (Å²) in [6, 6.07) is 0.451. The van der Waals surface area contributed by atoms with Crippen molar-refractivity contribution in [1.82, 2.24) is 10.2 Å².